The molecule has 0 saturated carbocycles. The second kappa shape index (κ2) is 8.21. The molecule has 0 radical (unpaired) electrons. The van der Waals surface area contributed by atoms with Gasteiger partial charge in [-0.25, -0.2) is 0 Å². The number of nitrogens with one attached hydrogen (secondary N) is 2. The molecule has 132 valence electrons. The predicted molar refractivity (Wildman–Crippen MR) is 104 cm³/mol. The van der Waals surface area contributed by atoms with Crippen LogP contribution in [0.2, 0.25) is 0 Å². The van der Waals surface area contributed by atoms with Gasteiger partial charge >= 0.3 is 0 Å². The summed E-state index contributed by atoms with van der Waals surface area (Å²) in [6, 6.07) is 16.6. The molecule has 5 heteroatoms. The van der Waals surface area contributed by atoms with E-state index in [0.29, 0.717) is 24.4 Å². The molecule has 1 aliphatic heterocycles. The molecule has 0 fully saturated rings. The first-order valence-corrected chi connectivity index (χ1v) is 9.00. The highest BCUT2D eigenvalue weighted by molar-refractivity contribution is 7.80. The highest BCUT2D eigenvalue weighted by Crippen LogP contribution is 2.32. The first kappa shape index (κ1) is 17.5. The minimum atomic E-state index is 0.206. The Labute approximate surface area is 154 Å². The van der Waals surface area contributed by atoms with E-state index in [4.69, 9.17) is 21.7 Å². The van der Waals surface area contributed by atoms with Crippen LogP contribution in [0, 0.1) is 5.92 Å². The van der Waals surface area contributed by atoms with Crippen molar-refractivity contribution < 1.29 is 9.47 Å². The molecule has 3 rings (SSSR count). The molecule has 2 aromatic rings. The Kier molecular flexibility index (Phi) is 5.76. The maximum absolute atomic E-state index is 5.50. The average Bonchev–Trinajstić information content (AvgIpc) is 3.07. The van der Waals surface area contributed by atoms with Crippen molar-refractivity contribution in [2.45, 2.75) is 32.9 Å². The molecule has 1 atom stereocenters. The fraction of sp³-hybridized carbons (Fsp3) is 0.350. The molecule has 2 N–H and O–H groups in total. The summed E-state index contributed by atoms with van der Waals surface area (Å²) in [5.74, 6) is 2.17. The Bertz CT molecular complexity index is 719. The molecule has 0 bridgehead atoms. The first-order chi connectivity index (χ1) is 12.1. The molecule has 1 heterocycles. The minimum absolute atomic E-state index is 0.206. The van der Waals surface area contributed by atoms with E-state index in [1.54, 1.807) is 0 Å². The van der Waals surface area contributed by atoms with E-state index >= 15 is 0 Å². The lowest BCUT2D eigenvalue weighted by atomic mass is 9.97. The summed E-state index contributed by atoms with van der Waals surface area (Å²) in [7, 11) is 0. The van der Waals surface area contributed by atoms with Gasteiger partial charge in [0.05, 0.1) is 6.04 Å². The zero-order valence-electron chi connectivity index (χ0n) is 14.6. The molecule has 4 nitrogen and oxygen atoms in total. The van der Waals surface area contributed by atoms with Gasteiger partial charge < -0.3 is 20.1 Å². The van der Waals surface area contributed by atoms with Crippen LogP contribution in [0.25, 0.3) is 0 Å². The number of benzene rings is 2. The number of thiocarbonyl (C=S) groups is 1. The topological polar surface area (TPSA) is 42.5 Å². The average molecular weight is 356 g/mol. The number of rotatable bonds is 6. The summed E-state index contributed by atoms with van der Waals surface area (Å²) >= 11 is 5.50. The van der Waals surface area contributed by atoms with Gasteiger partial charge in [0.2, 0.25) is 6.79 Å². The Morgan fingerprint density at radius 1 is 1.08 bits per heavy atom. The van der Waals surface area contributed by atoms with Crippen LogP contribution in [0.4, 0.5) is 0 Å². The Hall–Kier alpha value is -2.27. The normalized spacial score (nSPS) is 13.6. The number of hydrogen-bond acceptors (Lipinski definition) is 3. The Morgan fingerprint density at radius 3 is 2.60 bits per heavy atom. The summed E-state index contributed by atoms with van der Waals surface area (Å²) in [4.78, 5) is 0. The second-order valence-electron chi connectivity index (χ2n) is 6.61. The number of ether oxygens (including phenoxy) is 2. The van der Waals surface area contributed by atoms with Crippen LogP contribution in [0.15, 0.2) is 48.5 Å². The van der Waals surface area contributed by atoms with Gasteiger partial charge in [0.15, 0.2) is 16.6 Å². The van der Waals surface area contributed by atoms with E-state index in [-0.39, 0.29) is 6.04 Å². The summed E-state index contributed by atoms with van der Waals surface area (Å²) < 4.78 is 10.8. The van der Waals surface area contributed by atoms with Crippen LogP contribution in [0.3, 0.4) is 0 Å². The highest BCUT2D eigenvalue weighted by atomic mass is 32.1. The van der Waals surface area contributed by atoms with E-state index in [9.17, 15) is 0 Å². The van der Waals surface area contributed by atoms with Gasteiger partial charge in [0.25, 0.3) is 0 Å². The van der Waals surface area contributed by atoms with E-state index in [2.05, 4.69) is 48.7 Å². The number of hydrogen-bond donors (Lipinski definition) is 2. The SMILES string of the molecule is CC(C)C[C@@H](NC(=S)NCc1ccc2c(c1)OCO2)c1ccccc1. The predicted octanol–water partition coefficient (Wildman–Crippen LogP) is 4.17. The molecule has 25 heavy (non-hydrogen) atoms. The third kappa shape index (κ3) is 4.86. The lowest BCUT2D eigenvalue weighted by molar-refractivity contribution is 0.174. The van der Waals surface area contributed by atoms with Crippen LogP contribution >= 0.6 is 12.2 Å². The van der Waals surface area contributed by atoms with Crippen molar-refractivity contribution in [1.29, 1.82) is 0 Å². The van der Waals surface area contributed by atoms with Gasteiger partial charge in [-0.3, -0.25) is 0 Å². The van der Waals surface area contributed by atoms with Gasteiger partial charge in [-0.05, 0) is 47.8 Å². The van der Waals surface area contributed by atoms with Gasteiger partial charge in [-0.2, -0.15) is 0 Å². The fourth-order valence-corrected chi connectivity index (χ4v) is 3.09. The summed E-state index contributed by atoms with van der Waals surface area (Å²) in [5.41, 5.74) is 2.36. The fourth-order valence-electron chi connectivity index (χ4n) is 2.88. The zero-order chi connectivity index (χ0) is 17.6. The maximum atomic E-state index is 5.50. The molecule has 0 aromatic heterocycles. The molecule has 0 spiro atoms. The van der Waals surface area contributed by atoms with E-state index < -0.39 is 0 Å². The van der Waals surface area contributed by atoms with Crippen molar-refractivity contribution in [2.75, 3.05) is 6.79 Å². The summed E-state index contributed by atoms with van der Waals surface area (Å²) in [5, 5.41) is 7.40. The molecule has 0 saturated heterocycles. The van der Waals surface area contributed by atoms with Crippen molar-refractivity contribution in [1.82, 2.24) is 10.6 Å². The molecule has 2 aromatic carbocycles. The summed E-state index contributed by atoms with van der Waals surface area (Å²) in [6.45, 7) is 5.38. The Morgan fingerprint density at radius 2 is 1.84 bits per heavy atom. The van der Waals surface area contributed by atoms with Crippen LogP contribution in [-0.2, 0) is 6.54 Å². The van der Waals surface area contributed by atoms with Gasteiger partial charge in [-0.15, -0.1) is 0 Å². The quantitative estimate of drug-likeness (QED) is 0.761. The van der Waals surface area contributed by atoms with E-state index in [0.717, 1.165) is 23.5 Å². The lowest BCUT2D eigenvalue weighted by Crippen LogP contribution is -2.37. The highest BCUT2D eigenvalue weighted by Gasteiger charge is 2.15. The molecule has 0 aliphatic carbocycles. The molecule has 0 amide bonds. The van der Waals surface area contributed by atoms with Crippen LogP contribution in [0.5, 0.6) is 11.5 Å². The molecular formula is C20H24N2O2S. The third-order valence-electron chi connectivity index (χ3n) is 4.10. The van der Waals surface area contributed by atoms with Crippen molar-refractivity contribution in [2.24, 2.45) is 5.92 Å². The Balaban J connectivity index is 1.58. The first-order valence-electron chi connectivity index (χ1n) is 8.59. The third-order valence-corrected chi connectivity index (χ3v) is 4.37. The van der Waals surface area contributed by atoms with Crippen LogP contribution in [0.1, 0.15) is 37.4 Å². The van der Waals surface area contributed by atoms with Crippen LogP contribution < -0.4 is 20.1 Å². The van der Waals surface area contributed by atoms with E-state index in [1.165, 1.54) is 5.56 Å². The van der Waals surface area contributed by atoms with Crippen molar-refractivity contribution in [3.05, 3.63) is 59.7 Å². The van der Waals surface area contributed by atoms with E-state index in [1.807, 2.05) is 24.3 Å². The standard InChI is InChI=1S/C20H24N2O2S/c1-14(2)10-17(16-6-4-3-5-7-16)22-20(25)21-12-15-8-9-18-19(11-15)24-13-23-18/h3-9,11,14,17H,10,12-13H2,1-2H3,(H2,21,22,25)/t17-/m1/s1. The molecular weight excluding hydrogens is 332 g/mol. The van der Waals surface area contributed by atoms with Gasteiger partial charge in [-0.1, -0.05) is 50.2 Å². The second-order valence-corrected chi connectivity index (χ2v) is 7.02. The van der Waals surface area contributed by atoms with Crippen LogP contribution in [-0.4, -0.2) is 11.9 Å². The maximum Gasteiger partial charge on any atom is 0.231 e. The largest absolute Gasteiger partial charge is 0.454 e. The van der Waals surface area contributed by atoms with Crippen molar-refractivity contribution >= 4 is 17.3 Å². The van der Waals surface area contributed by atoms with Gasteiger partial charge in [0, 0.05) is 6.54 Å². The minimum Gasteiger partial charge on any atom is -0.454 e. The lowest BCUT2D eigenvalue weighted by Gasteiger charge is -2.23. The summed E-state index contributed by atoms with van der Waals surface area (Å²) in [6.07, 6.45) is 1.02. The molecule has 0 unspecified atom stereocenters. The monoisotopic (exact) mass is 356 g/mol. The smallest absolute Gasteiger partial charge is 0.231 e. The van der Waals surface area contributed by atoms with Crippen molar-refractivity contribution in [3.63, 3.8) is 0 Å². The molecule has 1 aliphatic rings. The van der Waals surface area contributed by atoms with Gasteiger partial charge in [0.1, 0.15) is 0 Å². The van der Waals surface area contributed by atoms with Crippen molar-refractivity contribution in [3.8, 4) is 11.5 Å². The number of fused-ring (bicyclic) bond motifs is 1. The zero-order valence-corrected chi connectivity index (χ0v) is 15.4.